The van der Waals surface area contributed by atoms with Crippen molar-refractivity contribution in [2.24, 2.45) is 0 Å². The van der Waals surface area contributed by atoms with E-state index < -0.39 is 70.2 Å². The van der Waals surface area contributed by atoms with Crippen LogP contribution in [0.25, 0.3) is 5.57 Å². The fraction of sp³-hybridized carbons (Fsp3) is 0.333. The van der Waals surface area contributed by atoms with E-state index in [0.29, 0.717) is 0 Å². The SMILES string of the molecule is F/C(=C(\c1c(F)c(F)c(F)c(F)c1C(F)(F)F)C(F)(F)C(F)(F)F)C(F)(F)F. The van der Waals surface area contributed by atoms with Gasteiger partial charge in [0, 0.05) is 5.56 Å². The van der Waals surface area contributed by atoms with E-state index in [9.17, 15) is 70.2 Å². The molecule has 0 atom stereocenters. The van der Waals surface area contributed by atoms with Crippen molar-refractivity contribution in [3.63, 3.8) is 0 Å². The third-order valence-electron chi connectivity index (χ3n) is 2.94. The summed E-state index contributed by atoms with van der Waals surface area (Å²) in [6.45, 7) is 0. The molecule has 0 bridgehead atoms. The van der Waals surface area contributed by atoms with Crippen LogP contribution in [0.4, 0.5) is 70.2 Å². The third kappa shape index (κ3) is 3.85. The van der Waals surface area contributed by atoms with Crippen LogP contribution in [0.2, 0.25) is 0 Å². The first-order chi connectivity index (χ1) is 12.2. The molecule has 0 aliphatic rings. The predicted octanol–water partition coefficient (Wildman–Crippen LogP) is 6.70. The monoisotopic (exact) mass is 448 g/mol. The number of hydrogen-bond acceptors (Lipinski definition) is 0. The third-order valence-corrected chi connectivity index (χ3v) is 2.94. The molecular formula is C12F16. The van der Waals surface area contributed by atoms with Crippen LogP contribution in [0, 0.1) is 23.3 Å². The molecule has 0 N–H and O–H groups in total. The van der Waals surface area contributed by atoms with Crippen LogP contribution in [0.1, 0.15) is 11.1 Å². The van der Waals surface area contributed by atoms with Gasteiger partial charge >= 0.3 is 24.5 Å². The number of alkyl halides is 11. The molecule has 0 fully saturated rings. The lowest BCUT2D eigenvalue weighted by molar-refractivity contribution is -0.255. The Hall–Kier alpha value is -2.16. The van der Waals surface area contributed by atoms with Crippen LogP contribution in [0.15, 0.2) is 5.83 Å². The fourth-order valence-corrected chi connectivity index (χ4v) is 1.82. The lowest BCUT2D eigenvalue weighted by Crippen LogP contribution is -2.40. The first kappa shape index (κ1) is 23.9. The molecule has 0 nitrogen and oxygen atoms in total. The van der Waals surface area contributed by atoms with E-state index in [0.717, 1.165) is 0 Å². The molecule has 0 saturated heterocycles. The van der Waals surface area contributed by atoms with E-state index in [-0.39, 0.29) is 0 Å². The van der Waals surface area contributed by atoms with Gasteiger partial charge in [-0.25, -0.2) is 22.0 Å². The van der Waals surface area contributed by atoms with Crippen LogP contribution >= 0.6 is 0 Å². The summed E-state index contributed by atoms with van der Waals surface area (Å²) in [6.07, 6.45) is -20.8. The van der Waals surface area contributed by atoms with Gasteiger partial charge in [0.05, 0.1) is 5.57 Å². The Labute approximate surface area is 142 Å². The second kappa shape index (κ2) is 6.72. The van der Waals surface area contributed by atoms with Crippen molar-refractivity contribution < 1.29 is 70.2 Å². The van der Waals surface area contributed by atoms with Gasteiger partial charge in [0.2, 0.25) is 5.83 Å². The molecule has 28 heavy (non-hydrogen) atoms. The number of rotatable bonds is 2. The van der Waals surface area contributed by atoms with Crippen molar-refractivity contribution in [1.29, 1.82) is 0 Å². The van der Waals surface area contributed by atoms with Crippen LogP contribution in [0.3, 0.4) is 0 Å². The van der Waals surface area contributed by atoms with E-state index in [1.54, 1.807) is 0 Å². The van der Waals surface area contributed by atoms with Crippen LogP contribution in [0.5, 0.6) is 0 Å². The lowest BCUT2D eigenvalue weighted by atomic mass is 9.91. The van der Waals surface area contributed by atoms with E-state index in [1.807, 2.05) is 0 Å². The molecule has 1 aromatic rings. The summed E-state index contributed by atoms with van der Waals surface area (Å²) >= 11 is 0. The van der Waals surface area contributed by atoms with Gasteiger partial charge in [0.1, 0.15) is 5.56 Å². The maximum Gasteiger partial charge on any atom is 0.458 e. The lowest BCUT2D eigenvalue weighted by Gasteiger charge is -2.26. The molecule has 0 heterocycles. The van der Waals surface area contributed by atoms with Gasteiger partial charge in [0.25, 0.3) is 0 Å². The molecule has 0 aromatic heterocycles. The Kier molecular flexibility index (Phi) is 5.73. The Morgan fingerprint density at radius 3 is 1.29 bits per heavy atom. The summed E-state index contributed by atoms with van der Waals surface area (Å²) in [5, 5.41) is 0. The smallest absolute Gasteiger partial charge is 0.203 e. The largest absolute Gasteiger partial charge is 0.458 e. The standard InChI is InChI=1S/C12F16/c13-4-1(2(10(20,21)22)5(14)7(16)6(4)15)3(8(17)11(23,24)25)9(18,19)12(26,27)28/b8-3+. The highest BCUT2D eigenvalue weighted by atomic mass is 19.4. The Balaban J connectivity index is 4.38. The van der Waals surface area contributed by atoms with Crippen molar-refractivity contribution in [1.82, 2.24) is 0 Å². The second-order valence-electron chi connectivity index (χ2n) is 4.76. The van der Waals surface area contributed by atoms with Gasteiger partial charge in [-0.15, -0.1) is 0 Å². The summed E-state index contributed by atoms with van der Waals surface area (Å²) in [7, 11) is 0. The van der Waals surface area contributed by atoms with E-state index in [1.165, 1.54) is 0 Å². The highest BCUT2D eigenvalue weighted by Crippen LogP contribution is 2.53. The molecule has 0 unspecified atom stereocenters. The van der Waals surface area contributed by atoms with Crippen LogP contribution in [-0.4, -0.2) is 18.3 Å². The summed E-state index contributed by atoms with van der Waals surface area (Å²) in [4.78, 5) is 0. The van der Waals surface area contributed by atoms with Gasteiger partial charge in [-0.3, -0.25) is 0 Å². The van der Waals surface area contributed by atoms with Crippen LogP contribution in [-0.2, 0) is 6.18 Å². The molecule has 0 aliphatic carbocycles. The molecule has 0 radical (unpaired) electrons. The Morgan fingerprint density at radius 1 is 0.571 bits per heavy atom. The molecular weight excluding hydrogens is 448 g/mol. The van der Waals surface area contributed by atoms with Crippen molar-refractivity contribution in [3.05, 3.63) is 40.2 Å². The van der Waals surface area contributed by atoms with Crippen molar-refractivity contribution >= 4 is 5.57 Å². The molecule has 0 spiro atoms. The molecule has 0 aliphatic heterocycles. The zero-order chi connectivity index (χ0) is 22.6. The van der Waals surface area contributed by atoms with Gasteiger partial charge in [-0.05, 0) is 0 Å². The van der Waals surface area contributed by atoms with Gasteiger partial charge < -0.3 is 0 Å². The topological polar surface area (TPSA) is 0 Å². The second-order valence-corrected chi connectivity index (χ2v) is 4.76. The number of halogens is 16. The number of hydrogen-bond donors (Lipinski definition) is 0. The highest BCUT2D eigenvalue weighted by molar-refractivity contribution is 5.77. The van der Waals surface area contributed by atoms with Gasteiger partial charge in [-0.1, -0.05) is 0 Å². The number of benzene rings is 1. The Bertz CT molecular complexity index is 803. The average Bonchev–Trinajstić information content (AvgIpc) is 2.46. The van der Waals surface area contributed by atoms with Crippen molar-refractivity contribution in [2.75, 3.05) is 0 Å². The Morgan fingerprint density at radius 2 is 0.964 bits per heavy atom. The summed E-state index contributed by atoms with van der Waals surface area (Å²) in [5.74, 6) is -26.2. The molecule has 0 amide bonds. The summed E-state index contributed by atoms with van der Waals surface area (Å²) < 4.78 is 206. The summed E-state index contributed by atoms with van der Waals surface area (Å²) in [6, 6.07) is 0. The minimum Gasteiger partial charge on any atom is -0.203 e. The molecule has 1 aromatic carbocycles. The van der Waals surface area contributed by atoms with Gasteiger partial charge in [-0.2, -0.15) is 48.3 Å². The zero-order valence-electron chi connectivity index (χ0n) is 12.0. The summed E-state index contributed by atoms with van der Waals surface area (Å²) in [5.41, 5.74) is -12.1. The van der Waals surface area contributed by atoms with Gasteiger partial charge in [0.15, 0.2) is 23.3 Å². The fourth-order valence-electron chi connectivity index (χ4n) is 1.82. The van der Waals surface area contributed by atoms with Crippen molar-refractivity contribution in [3.8, 4) is 0 Å². The molecule has 1 rings (SSSR count). The normalized spacial score (nSPS) is 15.0. The average molecular weight is 448 g/mol. The van der Waals surface area contributed by atoms with Crippen LogP contribution < -0.4 is 0 Å². The molecule has 0 saturated carbocycles. The highest BCUT2D eigenvalue weighted by Gasteiger charge is 2.65. The first-order valence-corrected chi connectivity index (χ1v) is 6.02. The van der Waals surface area contributed by atoms with E-state index in [4.69, 9.17) is 0 Å². The quantitative estimate of drug-likeness (QED) is 0.268. The van der Waals surface area contributed by atoms with E-state index in [2.05, 4.69) is 0 Å². The number of allylic oxidation sites excluding steroid dienone is 2. The molecule has 16 heteroatoms. The minimum atomic E-state index is -7.29. The molecule has 160 valence electrons. The van der Waals surface area contributed by atoms with E-state index >= 15 is 0 Å². The first-order valence-electron chi connectivity index (χ1n) is 6.02. The zero-order valence-corrected chi connectivity index (χ0v) is 12.0. The predicted molar refractivity (Wildman–Crippen MR) is 56.4 cm³/mol. The van der Waals surface area contributed by atoms with Crippen molar-refractivity contribution in [2.45, 2.75) is 24.5 Å². The minimum absolute atomic E-state index is 3.41. The maximum atomic E-state index is 13.6. The maximum absolute atomic E-state index is 13.6.